The molecule has 16 nitrogen and oxygen atoms in total. The molecule has 3 aliphatic heterocycles. The molecule has 0 saturated carbocycles. The maximum absolute atomic E-state index is 13.5. The molecule has 18 heteroatoms. The average molecular weight is 663 g/mol. The zero-order chi connectivity index (χ0) is 32.3. The Kier molecular flexibility index (Phi) is 9.97. The van der Waals surface area contributed by atoms with Crippen LogP contribution in [0.5, 0.6) is 5.75 Å². The molecule has 3 atom stereocenters. The van der Waals surface area contributed by atoms with Crippen LogP contribution in [0.4, 0.5) is 0 Å². The number of piperazine rings is 1. The lowest BCUT2D eigenvalue weighted by Gasteiger charge is -2.56. The number of β-lactam (4-membered cyclic amide) rings is 1. The van der Waals surface area contributed by atoms with Crippen LogP contribution in [0, 0.1) is 0 Å². The number of benzene rings is 1. The summed E-state index contributed by atoms with van der Waals surface area (Å²) in [5.41, 5.74) is -1.64. The van der Waals surface area contributed by atoms with E-state index in [1.807, 2.05) is 0 Å². The number of nitrogens with zero attached hydrogens (tertiary/aromatic N) is 7. The molecule has 1 aromatic heterocycles. The molecule has 1 unspecified atom stereocenters. The Bertz CT molecular complexity index is 1480. The topological polar surface area (TPSA) is 204 Å². The van der Waals surface area contributed by atoms with Crippen LogP contribution >= 0.6 is 23.5 Å². The number of carboxylic acids is 2. The number of aromatic hydroxyl groups is 1. The van der Waals surface area contributed by atoms with Gasteiger partial charge in [-0.1, -0.05) is 23.9 Å². The summed E-state index contributed by atoms with van der Waals surface area (Å²) in [6, 6.07) is 5.07. The van der Waals surface area contributed by atoms with Crippen LogP contribution in [0.2, 0.25) is 0 Å². The molecule has 0 radical (unpaired) electrons. The van der Waals surface area contributed by atoms with Gasteiger partial charge in [0.25, 0.3) is 11.6 Å². The number of rotatable bonds is 13. The Morgan fingerprint density at radius 2 is 1.87 bits per heavy atom. The number of fused-ring (bicyclic) bond motifs is 1. The van der Waals surface area contributed by atoms with Crippen molar-refractivity contribution in [3.63, 3.8) is 0 Å². The van der Waals surface area contributed by atoms with E-state index in [9.17, 15) is 34.5 Å². The number of thioether (sulfide) groups is 2. The summed E-state index contributed by atoms with van der Waals surface area (Å²) < 4.78 is 7.15. The van der Waals surface area contributed by atoms with E-state index in [1.54, 1.807) is 4.68 Å². The molecule has 5 rings (SSSR count). The molecule has 3 aliphatic rings. The van der Waals surface area contributed by atoms with E-state index in [1.165, 1.54) is 54.9 Å². The predicted molar refractivity (Wildman–Crippen MR) is 161 cm³/mol. The molecular formula is C27H34N8O8S2. The Hall–Kier alpha value is -3.71. The highest BCUT2D eigenvalue weighted by Crippen LogP contribution is 2.47. The first-order valence-electron chi connectivity index (χ1n) is 14.1. The molecule has 45 heavy (non-hydrogen) atoms. The van der Waals surface area contributed by atoms with Gasteiger partial charge in [-0.3, -0.25) is 19.3 Å². The van der Waals surface area contributed by atoms with E-state index in [0.29, 0.717) is 17.3 Å². The minimum Gasteiger partial charge on any atom is -0.508 e. The monoisotopic (exact) mass is 662 g/mol. The van der Waals surface area contributed by atoms with Gasteiger partial charge >= 0.3 is 11.9 Å². The summed E-state index contributed by atoms with van der Waals surface area (Å²) >= 11 is 2.46. The first-order chi connectivity index (χ1) is 21.6. The highest BCUT2D eigenvalue weighted by molar-refractivity contribution is 8.01. The minimum absolute atomic E-state index is 0.0797. The van der Waals surface area contributed by atoms with Gasteiger partial charge in [0, 0.05) is 57.9 Å². The SMILES string of the molecule is CO[C@@]1(NC(=O)C(C(=O)O)c2ccc(O)cc2)C(=O)N2C(C(=O)O)=C(CSc3nnnn3CCCN3CCN(C)CC3)CS[C@@H]21. The van der Waals surface area contributed by atoms with Crippen molar-refractivity contribution in [2.75, 3.05) is 58.4 Å². The molecule has 4 N–H and O–H groups in total. The van der Waals surface area contributed by atoms with Gasteiger partial charge in [-0.2, -0.15) is 0 Å². The normalized spacial score (nSPS) is 22.9. The van der Waals surface area contributed by atoms with Gasteiger partial charge in [-0.05, 0) is 47.2 Å². The van der Waals surface area contributed by atoms with Crippen LogP contribution in [-0.2, 0) is 30.5 Å². The Morgan fingerprint density at radius 3 is 2.51 bits per heavy atom. The zero-order valence-electron chi connectivity index (χ0n) is 24.7. The quantitative estimate of drug-likeness (QED) is 0.0940. The standard InChI is InChI=1S/C27H34N8O8S2/c1-32-10-12-33(13-11-32)8-3-9-34-26(29-30-31-34)45-15-17-14-44-25-27(43-2,24(42)35(25)20(17)23(40)41)28-21(37)19(22(38)39)16-4-6-18(36)7-5-16/h4-7,19,25,36H,3,8-15H2,1-2H3,(H,28,37)(H,38,39)(H,40,41)/t19?,25-,27+/m1/s1. The lowest BCUT2D eigenvalue weighted by Crippen LogP contribution is -2.81. The predicted octanol–water partition coefficient (Wildman–Crippen LogP) is -0.311. The van der Waals surface area contributed by atoms with Crippen LogP contribution in [-0.4, -0.2) is 143 Å². The molecule has 2 aromatic rings. The van der Waals surface area contributed by atoms with Crippen molar-refractivity contribution in [2.45, 2.75) is 35.1 Å². The van der Waals surface area contributed by atoms with E-state index in [-0.39, 0.29) is 28.5 Å². The molecule has 1 aromatic carbocycles. The largest absolute Gasteiger partial charge is 0.508 e. The molecule has 0 aliphatic carbocycles. The molecule has 242 valence electrons. The van der Waals surface area contributed by atoms with Gasteiger partial charge in [0.1, 0.15) is 16.8 Å². The van der Waals surface area contributed by atoms with Crippen molar-refractivity contribution in [3.05, 3.63) is 41.1 Å². The average Bonchev–Trinajstić information content (AvgIpc) is 3.47. The number of nitrogens with one attached hydrogen (secondary N) is 1. The van der Waals surface area contributed by atoms with Crippen molar-refractivity contribution in [1.82, 2.24) is 40.2 Å². The highest BCUT2D eigenvalue weighted by atomic mass is 32.2. The van der Waals surface area contributed by atoms with Crippen molar-refractivity contribution in [1.29, 1.82) is 0 Å². The van der Waals surface area contributed by atoms with Crippen molar-refractivity contribution >= 4 is 47.3 Å². The van der Waals surface area contributed by atoms with E-state index in [2.05, 4.69) is 37.7 Å². The maximum Gasteiger partial charge on any atom is 0.352 e. The van der Waals surface area contributed by atoms with E-state index in [4.69, 9.17) is 4.74 Å². The number of aromatic nitrogens is 4. The number of amides is 2. The van der Waals surface area contributed by atoms with Crippen LogP contribution < -0.4 is 5.32 Å². The second-order valence-electron chi connectivity index (χ2n) is 10.9. The third-order valence-electron chi connectivity index (χ3n) is 7.99. The smallest absolute Gasteiger partial charge is 0.352 e. The van der Waals surface area contributed by atoms with E-state index < -0.39 is 40.8 Å². The molecular weight excluding hydrogens is 628 g/mol. The summed E-state index contributed by atoms with van der Waals surface area (Å²) in [5.74, 6) is -6.06. The van der Waals surface area contributed by atoms with Gasteiger partial charge in [0.2, 0.25) is 11.1 Å². The van der Waals surface area contributed by atoms with E-state index >= 15 is 0 Å². The van der Waals surface area contributed by atoms with Gasteiger partial charge in [0.15, 0.2) is 5.92 Å². The summed E-state index contributed by atoms with van der Waals surface area (Å²) in [6.45, 7) is 5.62. The number of aliphatic carboxylic acids is 2. The first-order valence-corrected chi connectivity index (χ1v) is 16.2. The number of phenolic OH excluding ortho intramolecular Hbond substituents is 1. The van der Waals surface area contributed by atoms with Crippen LogP contribution in [0.1, 0.15) is 17.9 Å². The molecule has 2 amide bonds. The summed E-state index contributed by atoms with van der Waals surface area (Å²) in [5, 5.41) is 43.4. The number of carboxylic acid groups (broad SMARTS) is 2. The van der Waals surface area contributed by atoms with Gasteiger partial charge in [0.05, 0.1) is 0 Å². The highest BCUT2D eigenvalue weighted by Gasteiger charge is 2.67. The number of aryl methyl sites for hydroxylation is 1. The number of tetrazole rings is 1. The fraction of sp³-hybridized carbons (Fsp3) is 0.519. The summed E-state index contributed by atoms with van der Waals surface area (Å²) in [7, 11) is 3.30. The second-order valence-corrected chi connectivity index (χ2v) is 12.9. The number of phenols is 1. The number of ether oxygens (including phenoxy) is 1. The van der Waals surface area contributed by atoms with Crippen molar-refractivity contribution in [2.24, 2.45) is 0 Å². The number of likely N-dealkylation sites (N-methyl/N-ethyl adjacent to an activating group) is 1. The Labute approximate surface area is 266 Å². The van der Waals surface area contributed by atoms with Gasteiger partial charge in [-0.25, -0.2) is 9.48 Å². The van der Waals surface area contributed by atoms with Crippen LogP contribution in [0.25, 0.3) is 0 Å². The third-order valence-corrected chi connectivity index (χ3v) is 10.4. The van der Waals surface area contributed by atoms with Gasteiger partial charge < -0.3 is 35.2 Å². The van der Waals surface area contributed by atoms with Crippen molar-refractivity contribution in [3.8, 4) is 5.75 Å². The Morgan fingerprint density at radius 1 is 1.16 bits per heavy atom. The fourth-order valence-corrected chi connectivity index (χ4v) is 7.97. The minimum atomic E-state index is -1.97. The van der Waals surface area contributed by atoms with Crippen LogP contribution in [0.3, 0.4) is 0 Å². The maximum atomic E-state index is 13.5. The number of hydrogen-bond acceptors (Lipinski definition) is 13. The first kappa shape index (κ1) is 32.7. The number of methoxy groups -OCH3 is 1. The zero-order valence-corrected chi connectivity index (χ0v) is 26.3. The lowest BCUT2D eigenvalue weighted by atomic mass is 9.94. The molecule has 0 bridgehead atoms. The fourth-order valence-electron chi connectivity index (χ4n) is 5.49. The molecule has 2 fully saturated rings. The summed E-state index contributed by atoms with van der Waals surface area (Å²) in [4.78, 5) is 56.9. The van der Waals surface area contributed by atoms with Crippen LogP contribution in [0.15, 0.2) is 40.7 Å². The van der Waals surface area contributed by atoms with Gasteiger partial charge in [-0.15, -0.1) is 16.9 Å². The van der Waals surface area contributed by atoms with Crippen molar-refractivity contribution < 1.29 is 39.2 Å². The molecule has 0 spiro atoms. The number of carbonyl (C=O) groups excluding carboxylic acids is 2. The third kappa shape index (κ3) is 6.64. The lowest BCUT2D eigenvalue weighted by molar-refractivity contribution is -0.193. The van der Waals surface area contributed by atoms with E-state index in [0.717, 1.165) is 44.0 Å². The number of carbonyl (C=O) groups is 4. The second kappa shape index (κ2) is 13.7. The Balaban J connectivity index is 1.26. The molecule has 4 heterocycles. The summed E-state index contributed by atoms with van der Waals surface area (Å²) in [6.07, 6.45) is 0.853. The molecule has 2 saturated heterocycles. The number of hydrogen-bond donors (Lipinski definition) is 4.